The molecular weight excluding hydrogens is 328 g/mol. The third kappa shape index (κ3) is 3.71. The van der Waals surface area contributed by atoms with Gasteiger partial charge in [0.1, 0.15) is 0 Å². The summed E-state index contributed by atoms with van der Waals surface area (Å²) in [5.41, 5.74) is 1.90. The molecule has 0 spiro atoms. The maximum absolute atomic E-state index is 12.4. The van der Waals surface area contributed by atoms with Gasteiger partial charge < -0.3 is 4.90 Å². The van der Waals surface area contributed by atoms with Crippen molar-refractivity contribution < 1.29 is 4.79 Å². The summed E-state index contributed by atoms with van der Waals surface area (Å²) in [6.45, 7) is 6.29. The summed E-state index contributed by atoms with van der Waals surface area (Å²) >= 11 is 9.21. The van der Waals surface area contributed by atoms with E-state index in [2.05, 4.69) is 20.8 Å². The Kier molecular flexibility index (Phi) is 5.25. The topological polar surface area (TPSA) is 23.6 Å². The lowest BCUT2D eigenvalue weighted by atomic mass is 10.1. The molecule has 1 aromatic carbocycles. The van der Waals surface area contributed by atoms with Crippen molar-refractivity contribution in [2.75, 3.05) is 38.6 Å². The van der Waals surface area contributed by atoms with Crippen LogP contribution in [0.1, 0.15) is 15.9 Å². The van der Waals surface area contributed by atoms with Gasteiger partial charge in [0, 0.05) is 48.6 Å². The summed E-state index contributed by atoms with van der Waals surface area (Å²) in [6.07, 6.45) is 0. The van der Waals surface area contributed by atoms with Crippen LogP contribution in [0.15, 0.2) is 22.7 Å². The number of hydrogen-bond donors (Lipinski definition) is 0. The van der Waals surface area contributed by atoms with Gasteiger partial charge in [-0.2, -0.15) is 0 Å². The molecule has 0 radical (unpaired) electrons. The highest BCUT2D eigenvalue weighted by atomic mass is 79.9. The van der Waals surface area contributed by atoms with Crippen LogP contribution < -0.4 is 0 Å². The second kappa shape index (κ2) is 6.73. The molecule has 0 atom stereocenters. The van der Waals surface area contributed by atoms with Gasteiger partial charge in [-0.1, -0.05) is 22.0 Å². The van der Waals surface area contributed by atoms with E-state index in [4.69, 9.17) is 11.6 Å². The lowest BCUT2D eigenvalue weighted by molar-refractivity contribution is 0.0644. The molecule has 1 amide bonds. The van der Waals surface area contributed by atoms with E-state index in [-0.39, 0.29) is 5.91 Å². The summed E-state index contributed by atoms with van der Waals surface area (Å²) in [7, 11) is 0. The zero-order valence-corrected chi connectivity index (χ0v) is 13.4. The number of halogens is 2. The summed E-state index contributed by atoms with van der Waals surface area (Å²) in [5, 5.41) is 0. The molecule has 2 rings (SSSR count). The molecule has 1 saturated heterocycles. The Morgan fingerprint density at radius 3 is 2.58 bits per heavy atom. The molecule has 19 heavy (non-hydrogen) atoms. The van der Waals surface area contributed by atoms with Gasteiger partial charge in [-0.15, -0.1) is 11.6 Å². The van der Waals surface area contributed by atoms with E-state index in [0.717, 1.165) is 48.3 Å². The largest absolute Gasteiger partial charge is 0.336 e. The first-order valence-corrected chi connectivity index (χ1v) is 7.78. The average Bonchev–Trinajstić information content (AvgIpc) is 2.42. The summed E-state index contributed by atoms with van der Waals surface area (Å²) in [4.78, 5) is 16.6. The highest BCUT2D eigenvalue weighted by Crippen LogP contribution is 2.19. The lowest BCUT2D eigenvalue weighted by Crippen LogP contribution is -2.49. The third-order valence-corrected chi connectivity index (χ3v) is 4.50. The van der Waals surface area contributed by atoms with Crippen molar-refractivity contribution in [2.24, 2.45) is 0 Å². The maximum Gasteiger partial charge on any atom is 0.253 e. The van der Waals surface area contributed by atoms with Gasteiger partial charge in [-0.05, 0) is 24.6 Å². The minimum Gasteiger partial charge on any atom is -0.336 e. The predicted octanol–water partition coefficient (Wildman–Crippen LogP) is 2.75. The van der Waals surface area contributed by atoms with Crippen molar-refractivity contribution in [1.29, 1.82) is 0 Å². The van der Waals surface area contributed by atoms with Gasteiger partial charge in [0.25, 0.3) is 5.91 Å². The number of carbonyl (C=O) groups is 1. The molecule has 3 nitrogen and oxygen atoms in total. The molecule has 1 aromatic rings. The van der Waals surface area contributed by atoms with Crippen molar-refractivity contribution in [3.8, 4) is 0 Å². The fourth-order valence-corrected chi connectivity index (χ4v) is 2.82. The van der Waals surface area contributed by atoms with Gasteiger partial charge >= 0.3 is 0 Å². The van der Waals surface area contributed by atoms with Crippen LogP contribution in [0.3, 0.4) is 0 Å². The Morgan fingerprint density at radius 2 is 2.00 bits per heavy atom. The normalized spacial score (nSPS) is 16.7. The van der Waals surface area contributed by atoms with Crippen molar-refractivity contribution in [3.05, 3.63) is 33.8 Å². The van der Waals surface area contributed by atoms with Crippen molar-refractivity contribution >= 4 is 33.4 Å². The monoisotopic (exact) mass is 344 g/mol. The summed E-state index contributed by atoms with van der Waals surface area (Å²) < 4.78 is 0.985. The number of hydrogen-bond acceptors (Lipinski definition) is 2. The van der Waals surface area contributed by atoms with Crippen LogP contribution in [-0.4, -0.2) is 54.3 Å². The van der Waals surface area contributed by atoms with Gasteiger partial charge in [0.2, 0.25) is 0 Å². The van der Waals surface area contributed by atoms with Gasteiger partial charge in [0.15, 0.2) is 0 Å². The molecule has 1 aliphatic heterocycles. The number of piperazine rings is 1. The number of carbonyl (C=O) groups excluding carboxylic acids is 1. The number of alkyl halides is 1. The van der Waals surface area contributed by atoms with Gasteiger partial charge in [0.05, 0.1) is 0 Å². The number of nitrogens with zero attached hydrogens (tertiary/aromatic N) is 2. The van der Waals surface area contributed by atoms with E-state index >= 15 is 0 Å². The second-order valence-corrected chi connectivity index (χ2v) is 6.02. The first-order chi connectivity index (χ1) is 9.11. The molecule has 0 N–H and O–H groups in total. The Bertz CT molecular complexity index is 459. The minimum atomic E-state index is 0.117. The Morgan fingerprint density at radius 1 is 1.32 bits per heavy atom. The first-order valence-electron chi connectivity index (χ1n) is 6.45. The Balaban J connectivity index is 1.99. The zero-order valence-electron chi connectivity index (χ0n) is 11.0. The Labute approximate surface area is 127 Å². The van der Waals surface area contributed by atoms with Crippen LogP contribution in [0.25, 0.3) is 0 Å². The smallest absolute Gasteiger partial charge is 0.253 e. The molecule has 1 fully saturated rings. The maximum atomic E-state index is 12.4. The highest BCUT2D eigenvalue weighted by molar-refractivity contribution is 9.10. The highest BCUT2D eigenvalue weighted by Gasteiger charge is 2.21. The minimum absolute atomic E-state index is 0.117. The SMILES string of the molecule is Cc1ccc(C(=O)N2CCN(CCCl)CC2)cc1Br. The van der Waals surface area contributed by atoms with Crippen LogP contribution >= 0.6 is 27.5 Å². The Hall–Kier alpha value is -0.580. The van der Waals surface area contributed by atoms with E-state index in [9.17, 15) is 4.79 Å². The van der Waals surface area contributed by atoms with Crippen molar-refractivity contribution in [3.63, 3.8) is 0 Å². The molecular formula is C14H18BrClN2O. The third-order valence-electron chi connectivity index (χ3n) is 3.48. The van der Waals surface area contributed by atoms with E-state index in [0.29, 0.717) is 5.88 Å². The van der Waals surface area contributed by atoms with Crippen LogP contribution in [0.5, 0.6) is 0 Å². The van der Waals surface area contributed by atoms with E-state index < -0.39 is 0 Å². The zero-order chi connectivity index (χ0) is 13.8. The summed E-state index contributed by atoms with van der Waals surface area (Å²) in [6, 6.07) is 5.78. The summed E-state index contributed by atoms with van der Waals surface area (Å²) in [5.74, 6) is 0.769. The van der Waals surface area contributed by atoms with Crippen molar-refractivity contribution in [1.82, 2.24) is 9.80 Å². The fraction of sp³-hybridized carbons (Fsp3) is 0.500. The lowest BCUT2D eigenvalue weighted by Gasteiger charge is -2.34. The quantitative estimate of drug-likeness (QED) is 0.787. The van der Waals surface area contributed by atoms with Crippen LogP contribution in [0.2, 0.25) is 0 Å². The molecule has 0 aliphatic carbocycles. The van der Waals surface area contributed by atoms with Gasteiger partial charge in [-0.25, -0.2) is 0 Å². The van der Waals surface area contributed by atoms with Gasteiger partial charge in [-0.3, -0.25) is 9.69 Å². The molecule has 0 aromatic heterocycles. The van der Waals surface area contributed by atoms with E-state index in [1.54, 1.807) is 0 Å². The molecule has 0 bridgehead atoms. The average molecular weight is 346 g/mol. The predicted molar refractivity (Wildman–Crippen MR) is 81.9 cm³/mol. The first kappa shape index (κ1) is 14.8. The molecule has 5 heteroatoms. The van der Waals surface area contributed by atoms with Crippen LogP contribution in [0.4, 0.5) is 0 Å². The fourth-order valence-electron chi connectivity index (χ4n) is 2.20. The molecule has 0 unspecified atom stereocenters. The molecule has 1 aliphatic rings. The van der Waals surface area contributed by atoms with Crippen LogP contribution in [-0.2, 0) is 0 Å². The standard InChI is InChI=1S/C14H18BrClN2O/c1-11-2-3-12(10-13(11)15)14(19)18-8-6-17(5-4-16)7-9-18/h2-3,10H,4-9H2,1H3. The number of benzene rings is 1. The number of amides is 1. The second-order valence-electron chi connectivity index (χ2n) is 4.79. The van der Waals surface area contributed by atoms with Crippen LogP contribution in [0, 0.1) is 6.92 Å². The van der Waals surface area contributed by atoms with E-state index in [1.807, 2.05) is 30.0 Å². The number of aryl methyl sites for hydroxylation is 1. The number of rotatable bonds is 3. The molecule has 1 heterocycles. The molecule has 104 valence electrons. The van der Waals surface area contributed by atoms with E-state index in [1.165, 1.54) is 0 Å². The molecule has 0 saturated carbocycles. The van der Waals surface area contributed by atoms with Crippen molar-refractivity contribution in [2.45, 2.75) is 6.92 Å².